The fourth-order valence-electron chi connectivity index (χ4n) is 3.09. The molecule has 0 saturated carbocycles. The number of ether oxygens (including phenoxy) is 2. The summed E-state index contributed by atoms with van der Waals surface area (Å²) in [7, 11) is 0. The number of benzene rings is 1. The van der Waals surface area contributed by atoms with Gasteiger partial charge < -0.3 is 19.7 Å². The molecule has 1 aromatic carbocycles. The van der Waals surface area contributed by atoms with E-state index >= 15 is 0 Å². The third kappa shape index (κ3) is 2.48. The lowest BCUT2D eigenvalue weighted by Gasteiger charge is -2.25. The van der Waals surface area contributed by atoms with Gasteiger partial charge in [-0.1, -0.05) is 5.16 Å². The zero-order chi connectivity index (χ0) is 14.9. The highest BCUT2D eigenvalue weighted by Gasteiger charge is 2.27. The number of hydrogen-bond acceptors (Lipinski definition) is 6. The number of nitrogens with zero attached hydrogens (tertiary/aromatic N) is 2. The van der Waals surface area contributed by atoms with Gasteiger partial charge in [0.25, 0.3) is 0 Å². The van der Waals surface area contributed by atoms with Crippen LogP contribution in [0.2, 0.25) is 0 Å². The zero-order valence-corrected chi connectivity index (χ0v) is 12.3. The van der Waals surface area contributed by atoms with Crippen molar-refractivity contribution in [3.63, 3.8) is 0 Å². The Labute approximate surface area is 128 Å². The van der Waals surface area contributed by atoms with Crippen molar-refractivity contribution in [2.24, 2.45) is 11.7 Å². The number of rotatable bonds is 3. The second kappa shape index (κ2) is 5.70. The van der Waals surface area contributed by atoms with Gasteiger partial charge in [0.1, 0.15) is 5.75 Å². The van der Waals surface area contributed by atoms with Crippen LogP contribution in [0.25, 0.3) is 11.4 Å². The van der Waals surface area contributed by atoms with E-state index in [9.17, 15) is 0 Å². The molecule has 0 bridgehead atoms. The van der Waals surface area contributed by atoms with Crippen LogP contribution in [0, 0.1) is 5.92 Å². The standard InChI is InChI=1S/C16H19N3O3/c17-14(10-3-6-20-7-4-10)16-18-15(19-22-16)12-1-2-13-11(9-12)5-8-21-13/h1-2,9-10,14H,3-8,17H2. The lowest BCUT2D eigenvalue weighted by molar-refractivity contribution is 0.0546. The van der Waals surface area contributed by atoms with Gasteiger partial charge in [0.15, 0.2) is 0 Å². The Morgan fingerprint density at radius 1 is 1.18 bits per heavy atom. The van der Waals surface area contributed by atoms with Crippen molar-refractivity contribution in [2.45, 2.75) is 25.3 Å². The molecule has 2 aliphatic heterocycles. The van der Waals surface area contributed by atoms with Gasteiger partial charge in [-0.05, 0) is 42.5 Å². The van der Waals surface area contributed by atoms with E-state index < -0.39 is 0 Å². The monoisotopic (exact) mass is 301 g/mol. The lowest BCUT2D eigenvalue weighted by Crippen LogP contribution is -2.27. The first-order valence-corrected chi connectivity index (χ1v) is 7.74. The van der Waals surface area contributed by atoms with Crippen LogP contribution in [-0.2, 0) is 11.2 Å². The second-order valence-corrected chi connectivity index (χ2v) is 5.85. The fourth-order valence-corrected chi connectivity index (χ4v) is 3.09. The van der Waals surface area contributed by atoms with E-state index in [1.54, 1.807) is 0 Å². The summed E-state index contributed by atoms with van der Waals surface area (Å²) in [5.74, 6) is 2.40. The molecule has 6 nitrogen and oxygen atoms in total. The van der Waals surface area contributed by atoms with Crippen LogP contribution in [0.3, 0.4) is 0 Å². The molecule has 0 radical (unpaired) electrons. The normalized spacial score (nSPS) is 19.7. The summed E-state index contributed by atoms with van der Waals surface area (Å²) in [4.78, 5) is 4.50. The minimum Gasteiger partial charge on any atom is -0.493 e. The number of aromatic nitrogens is 2. The van der Waals surface area contributed by atoms with E-state index in [2.05, 4.69) is 16.2 Å². The predicted molar refractivity (Wildman–Crippen MR) is 79.4 cm³/mol. The van der Waals surface area contributed by atoms with Crippen molar-refractivity contribution < 1.29 is 14.0 Å². The summed E-state index contributed by atoms with van der Waals surface area (Å²) in [6, 6.07) is 5.77. The van der Waals surface area contributed by atoms with Crippen LogP contribution in [0.15, 0.2) is 22.7 Å². The van der Waals surface area contributed by atoms with E-state index in [4.69, 9.17) is 19.7 Å². The van der Waals surface area contributed by atoms with Crippen molar-refractivity contribution in [3.8, 4) is 17.1 Å². The molecular weight excluding hydrogens is 282 g/mol. The van der Waals surface area contributed by atoms with E-state index in [0.717, 1.165) is 50.4 Å². The average molecular weight is 301 g/mol. The Hall–Kier alpha value is -1.92. The van der Waals surface area contributed by atoms with Gasteiger partial charge in [0.2, 0.25) is 11.7 Å². The highest BCUT2D eigenvalue weighted by molar-refractivity contribution is 5.59. The van der Waals surface area contributed by atoms with Gasteiger partial charge in [-0.2, -0.15) is 4.98 Å². The third-order valence-electron chi connectivity index (χ3n) is 4.45. The molecule has 4 rings (SSSR count). The van der Waals surface area contributed by atoms with Gasteiger partial charge in [0.05, 0.1) is 12.6 Å². The lowest BCUT2D eigenvalue weighted by atomic mass is 9.92. The minimum atomic E-state index is -0.220. The maximum atomic E-state index is 6.28. The molecule has 0 amide bonds. The number of hydrogen-bond donors (Lipinski definition) is 1. The van der Waals surface area contributed by atoms with Crippen LogP contribution in [-0.4, -0.2) is 30.0 Å². The van der Waals surface area contributed by atoms with Crippen LogP contribution < -0.4 is 10.5 Å². The van der Waals surface area contributed by atoms with Crippen molar-refractivity contribution in [2.75, 3.05) is 19.8 Å². The topological polar surface area (TPSA) is 83.4 Å². The molecule has 1 aromatic heterocycles. The Morgan fingerprint density at radius 2 is 2.05 bits per heavy atom. The molecule has 22 heavy (non-hydrogen) atoms. The van der Waals surface area contributed by atoms with Crippen molar-refractivity contribution in [1.29, 1.82) is 0 Å². The molecule has 6 heteroatoms. The SMILES string of the molecule is NC(c1nc(-c2ccc3c(c2)CCO3)no1)C1CCOCC1. The summed E-state index contributed by atoms with van der Waals surface area (Å²) in [5.41, 5.74) is 8.41. The van der Waals surface area contributed by atoms with Crippen molar-refractivity contribution in [3.05, 3.63) is 29.7 Å². The molecule has 1 fully saturated rings. The molecule has 0 aliphatic carbocycles. The summed E-state index contributed by atoms with van der Waals surface area (Å²) < 4.78 is 16.3. The van der Waals surface area contributed by atoms with E-state index in [0.29, 0.717) is 17.6 Å². The minimum absolute atomic E-state index is 0.220. The van der Waals surface area contributed by atoms with Gasteiger partial charge >= 0.3 is 0 Å². The largest absolute Gasteiger partial charge is 0.493 e. The van der Waals surface area contributed by atoms with E-state index in [-0.39, 0.29) is 6.04 Å². The predicted octanol–water partition coefficient (Wildman–Crippen LogP) is 2.10. The Morgan fingerprint density at radius 3 is 2.91 bits per heavy atom. The van der Waals surface area contributed by atoms with Crippen molar-refractivity contribution in [1.82, 2.24) is 10.1 Å². The maximum Gasteiger partial charge on any atom is 0.244 e. The van der Waals surface area contributed by atoms with Gasteiger partial charge in [-0.15, -0.1) is 0 Å². The summed E-state index contributed by atoms with van der Waals surface area (Å²) in [6.07, 6.45) is 2.81. The van der Waals surface area contributed by atoms with E-state index in [1.807, 2.05) is 12.1 Å². The second-order valence-electron chi connectivity index (χ2n) is 5.85. The molecule has 0 spiro atoms. The Balaban J connectivity index is 1.55. The van der Waals surface area contributed by atoms with Gasteiger partial charge in [0, 0.05) is 25.2 Å². The summed E-state index contributed by atoms with van der Waals surface area (Å²) in [5, 5.41) is 4.09. The van der Waals surface area contributed by atoms with Crippen LogP contribution >= 0.6 is 0 Å². The Bertz CT molecular complexity index is 664. The van der Waals surface area contributed by atoms with E-state index in [1.165, 1.54) is 5.56 Å². The fraction of sp³-hybridized carbons (Fsp3) is 0.500. The highest BCUT2D eigenvalue weighted by Crippen LogP contribution is 2.31. The number of fused-ring (bicyclic) bond motifs is 1. The molecule has 1 unspecified atom stereocenters. The maximum absolute atomic E-state index is 6.28. The molecule has 3 heterocycles. The highest BCUT2D eigenvalue weighted by atomic mass is 16.5. The van der Waals surface area contributed by atoms with Crippen LogP contribution in [0.5, 0.6) is 5.75 Å². The third-order valence-corrected chi connectivity index (χ3v) is 4.45. The molecule has 2 N–H and O–H groups in total. The van der Waals surface area contributed by atoms with Gasteiger partial charge in [-0.3, -0.25) is 0 Å². The van der Waals surface area contributed by atoms with Gasteiger partial charge in [-0.25, -0.2) is 0 Å². The molecule has 116 valence electrons. The van der Waals surface area contributed by atoms with Crippen LogP contribution in [0.1, 0.15) is 30.3 Å². The van der Waals surface area contributed by atoms with Crippen molar-refractivity contribution >= 4 is 0 Å². The molecular formula is C16H19N3O3. The molecule has 1 saturated heterocycles. The Kier molecular flexibility index (Phi) is 3.56. The quantitative estimate of drug-likeness (QED) is 0.934. The van der Waals surface area contributed by atoms with Crippen LogP contribution in [0.4, 0.5) is 0 Å². The first-order chi connectivity index (χ1) is 10.8. The average Bonchev–Trinajstić information content (AvgIpc) is 3.23. The molecule has 1 atom stereocenters. The first-order valence-electron chi connectivity index (χ1n) is 7.74. The summed E-state index contributed by atoms with van der Waals surface area (Å²) >= 11 is 0. The molecule has 2 aliphatic rings. The summed E-state index contributed by atoms with van der Waals surface area (Å²) in [6.45, 7) is 2.25. The zero-order valence-electron chi connectivity index (χ0n) is 12.3. The first kappa shape index (κ1) is 13.7. The number of nitrogens with two attached hydrogens (primary N) is 1. The smallest absolute Gasteiger partial charge is 0.244 e. The molecule has 2 aromatic rings.